The van der Waals surface area contributed by atoms with Gasteiger partial charge in [-0.2, -0.15) is 0 Å². The second-order valence-corrected chi connectivity index (χ2v) is 5.08. The van der Waals surface area contributed by atoms with Crippen LogP contribution in [0.2, 0.25) is 0 Å². The lowest BCUT2D eigenvalue weighted by atomic mass is 10.1. The van der Waals surface area contributed by atoms with E-state index in [0.29, 0.717) is 11.0 Å². The summed E-state index contributed by atoms with van der Waals surface area (Å²) in [5, 5.41) is 0. The highest BCUT2D eigenvalue weighted by molar-refractivity contribution is 7.80. The van der Waals surface area contributed by atoms with E-state index in [-0.39, 0.29) is 0 Å². The fourth-order valence-corrected chi connectivity index (χ4v) is 2.39. The Balaban J connectivity index is 1.83. The van der Waals surface area contributed by atoms with Crippen LogP contribution < -0.4 is 5.73 Å². The molecule has 2 N–H and O–H groups in total. The molecule has 1 saturated carbocycles. The third kappa shape index (κ3) is 3.40. The Labute approximate surface area is 96.9 Å². The first-order valence-corrected chi connectivity index (χ1v) is 6.30. The topological polar surface area (TPSA) is 38.5 Å². The highest BCUT2D eigenvalue weighted by Crippen LogP contribution is 2.30. The zero-order valence-electron chi connectivity index (χ0n) is 9.15. The summed E-state index contributed by atoms with van der Waals surface area (Å²) in [6, 6.07) is 1.40. The van der Waals surface area contributed by atoms with Crippen molar-refractivity contribution in [2.45, 2.75) is 44.2 Å². The van der Waals surface area contributed by atoms with Gasteiger partial charge in [-0.15, -0.1) is 0 Å². The molecule has 0 spiro atoms. The van der Waals surface area contributed by atoms with Crippen molar-refractivity contribution in [1.29, 1.82) is 0 Å². The van der Waals surface area contributed by atoms with Gasteiger partial charge in [-0.05, 0) is 25.7 Å². The van der Waals surface area contributed by atoms with Crippen molar-refractivity contribution in [1.82, 2.24) is 4.90 Å². The van der Waals surface area contributed by atoms with Gasteiger partial charge in [-0.1, -0.05) is 12.2 Å². The minimum absolute atomic E-state index is 0.612. The quantitative estimate of drug-likeness (QED) is 0.720. The van der Waals surface area contributed by atoms with Gasteiger partial charge in [-0.25, -0.2) is 0 Å². The summed E-state index contributed by atoms with van der Waals surface area (Å²) in [6.45, 7) is 2.85. The third-order valence-corrected chi connectivity index (χ3v) is 3.44. The van der Waals surface area contributed by atoms with Crippen molar-refractivity contribution in [3.8, 4) is 0 Å². The number of ether oxygens (including phenoxy) is 1. The van der Waals surface area contributed by atoms with Gasteiger partial charge in [0.25, 0.3) is 0 Å². The number of thiocarbonyl (C=S) groups is 1. The number of hydrogen-bond acceptors (Lipinski definition) is 3. The monoisotopic (exact) mass is 228 g/mol. The number of nitrogens with two attached hydrogens (primary N) is 1. The summed E-state index contributed by atoms with van der Waals surface area (Å²) in [7, 11) is 0. The number of hydrogen-bond donors (Lipinski definition) is 1. The van der Waals surface area contributed by atoms with Crippen LogP contribution in [0.3, 0.4) is 0 Å². The standard InChI is InChI=1S/C11H20N2OS/c12-11(15)5-6-13(9-3-4-9)10-2-1-7-14-8-10/h9-10H,1-8H2,(H2,12,15). The van der Waals surface area contributed by atoms with E-state index in [2.05, 4.69) is 4.90 Å². The lowest BCUT2D eigenvalue weighted by Gasteiger charge is -2.34. The summed E-state index contributed by atoms with van der Waals surface area (Å²) >= 11 is 4.94. The van der Waals surface area contributed by atoms with Crippen molar-refractivity contribution in [2.24, 2.45) is 5.73 Å². The van der Waals surface area contributed by atoms with Gasteiger partial charge in [0.1, 0.15) is 0 Å². The van der Waals surface area contributed by atoms with E-state index in [1.165, 1.54) is 25.7 Å². The minimum Gasteiger partial charge on any atom is -0.393 e. The van der Waals surface area contributed by atoms with E-state index in [1.54, 1.807) is 0 Å². The zero-order chi connectivity index (χ0) is 10.7. The molecule has 86 valence electrons. The van der Waals surface area contributed by atoms with Gasteiger partial charge in [0, 0.05) is 31.7 Å². The molecule has 0 bridgehead atoms. The molecule has 0 aromatic rings. The maximum absolute atomic E-state index is 5.56. The van der Waals surface area contributed by atoms with Crippen molar-refractivity contribution in [3.63, 3.8) is 0 Å². The second kappa shape index (κ2) is 5.23. The number of rotatable bonds is 5. The van der Waals surface area contributed by atoms with Crippen LogP contribution in [0.15, 0.2) is 0 Å². The Hall–Kier alpha value is -0.190. The Morgan fingerprint density at radius 3 is 2.67 bits per heavy atom. The Bertz CT molecular complexity index is 225. The first kappa shape index (κ1) is 11.3. The molecule has 1 atom stereocenters. The van der Waals surface area contributed by atoms with Gasteiger partial charge >= 0.3 is 0 Å². The molecule has 0 aromatic heterocycles. The molecule has 1 aliphatic heterocycles. The first-order valence-electron chi connectivity index (χ1n) is 5.89. The van der Waals surface area contributed by atoms with E-state index in [1.807, 2.05) is 0 Å². The van der Waals surface area contributed by atoms with Crippen molar-refractivity contribution in [2.75, 3.05) is 19.8 Å². The fourth-order valence-electron chi connectivity index (χ4n) is 2.29. The molecule has 1 heterocycles. The summed E-state index contributed by atoms with van der Waals surface area (Å²) in [6.07, 6.45) is 6.00. The van der Waals surface area contributed by atoms with Crippen LogP contribution >= 0.6 is 12.2 Å². The summed E-state index contributed by atoms with van der Waals surface area (Å²) < 4.78 is 5.54. The summed E-state index contributed by atoms with van der Waals surface area (Å²) in [5.74, 6) is 0. The first-order chi connectivity index (χ1) is 7.27. The largest absolute Gasteiger partial charge is 0.393 e. The normalized spacial score (nSPS) is 26.9. The molecule has 0 aromatic carbocycles. The molecule has 0 radical (unpaired) electrons. The maximum Gasteiger partial charge on any atom is 0.0740 e. The van der Waals surface area contributed by atoms with Gasteiger partial charge in [0.05, 0.1) is 11.6 Å². The molecule has 1 aliphatic carbocycles. The second-order valence-electron chi connectivity index (χ2n) is 4.56. The van der Waals surface area contributed by atoms with E-state index in [4.69, 9.17) is 22.7 Å². The Morgan fingerprint density at radius 1 is 1.33 bits per heavy atom. The molecule has 2 fully saturated rings. The van der Waals surface area contributed by atoms with E-state index >= 15 is 0 Å². The molecular weight excluding hydrogens is 208 g/mol. The van der Waals surface area contributed by atoms with E-state index in [9.17, 15) is 0 Å². The SMILES string of the molecule is NC(=S)CCN(C1CC1)C1CCCOC1. The zero-order valence-corrected chi connectivity index (χ0v) is 9.97. The molecule has 1 saturated heterocycles. The lowest BCUT2D eigenvalue weighted by Crippen LogP contribution is -2.43. The smallest absolute Gasteiger partial charge is 0.0740 e. The number of nitrogens with zero attached hydrogens (tertiary/aromatic N) is 1. The average Bonchev–Trinajstić information content (AvgIpc) is 3.03. The molecule has 2 rings (SSSR count). The van der Waals surface area contributed by atoms with E-state index < -0.39 is 0 Å². The van der Waals surface area contributed by atoms with Crippen LogP contribution in [0.4, 0.5) is 0 Å². The summed E-state index contributed by atoms with van der Waals surface area (Å²) in [5.41, 5.74) is 5.56. The Morgan fingerprint density at radius 2 is 2.13 bits per heavy atom. The van der Waals surface area contributed by atoms with Crippen LogP contribution in [0.5, 0.6) is 0 Å². The minimum atomic E-state index is 0.612. The van der Waals surface area contributed by atoms with Gasteiger partial charge < -0.3 is 10.5 Å². The molecule has 1 unspecified atom stereocenters. The third-order valence-electron chi connectivity index (χ3n) is 3.24. The molecule has 0 amide bonds. The lowest BCUT2D eigenvalue weighted by molar-refractivity contribution is 0.0154. The molecule has 3 nitrogen and oxygen atoms in total. The highest BCUT2D eigenvalue weighted by atomic mass is 32.1. The summed E-state index contributed by atoms with van der Waals surface area (Å²) in [4.78, 5) is 3.20. The van der Waals surface area contributed by atoms with Gasteiger partial charge in [0.2, 0.25) is 0 Å². The van der Waals surface area contributed by atoms with Gasteiger partial charge in [0.15, 0.2) is 0 Å². The Kier molecular flexibility index (Phi) is 3.94. The fraction of sp³-hybridized carbons (Fsp3) is 0.909. The predicted octanol–water partition coefficient (Wildman–Crippen LogP) is 1.31. The van der Waals surface area contributed by atoms with Crippen LogP contribution in [-0.2, 0) is 4.74 Å². The van der Waals surface area contributed by atoms with Crippen molar-refractivity contribution in [3.05, 3.63) is 0 Å². The predicted molar refractivity (Wildman–Crippen MR) is 65.0 cm³/mol. The van der Waals surface area contributed by atoms with Crippen LogP contribution in [0.25, 0.3) is 0 Å². The maximum atomic E-state index is 5.56. The van der Waals surface area contributed by atoms with Crippen molar-refractivity contribution < 1.29 is 4.74 Å². The van der Waals surface area contributed by atoms with Crippen LogP contribution in [0.1, 0.15) is 32.1 Å². The highest BCUT2D eigenvalue weighted by Gasteiger charge is 2.34. The van der Waals surface area contributed by atoms with Crippen molar-refractivity contribution >= 4 is 17.2 Å². The van der Waals surface area contributed by atoms with E-state index in [0.717, 1.165) is 32.2 Å². The average molecular weight is 228 g/mol. The van der Waals surface area contributed by atoms with Gasteiger partial charge in [-0.3, -0.25) is 4.90 Å². The molecule has 15 heavy (non-hydrogen) atoms. The molecular formula is C11H20N2OS. The molecule has 4 heteroatoms. The molecule has 2 aliphatic rings. The van der Waals surface area contributed by atoms with Crippen LogP contribution in [-0.4, -0.2) is 41.7 Å². The van der Waals surface area contributed by atoms with Crippen LogP contribution in [0, 0.1) is 0 Å².